The average Bonchev–Trinajstić information content (AvgIpc) is 1.90. The summed E-state index contributed by atoms with van der Waals surface area (Å²) in [5.41, 5.74) is 0. The van der Waals surface area contributed by atoms with Gasteiger partial charge in [0.15, 0.2) is 0 Å². The number of hydrogen-bond donors (Lipinski definition) is 0. The van der Waals surface area contributed by atoms with Crippen LogP contribution in [0, 0.1) is 0 Å². The Morgan fingerprint density at radius 3 is 2.00 bits per heavy atom. The van der Waals surface area contributed by atoms with Gasteiger partial charge in [-0.3, -0.25) is 0 Å². The summed E-state index contributed by atoms with van der Waals surface area (Å²) < 4.78 is 10.7. The molecule has 0 rings (SSSR count). The van der Waals surface area contributed by atoms with Gasteiger partial charge < -0.3 is 8.85 Å². The van der Waals surface area contributed by atoms with Crippen molar-refractivity contribution in [2.45, 2.75) is 17.8 Å². The second-order valence-corrected chi connectivity index (χ2v) is 6.40. The molecule has 0 aromatic rings. The monoisotopic (exact) mass is 212 g/mol. The van der Waals surface area contributed by atoms with Gasteiger partial charge in [0.25, 0.3) is 0 Å². The molecule has 0 bridgehead atoms. The van der Waals surface area contributed by atoms with Gasteiger partial charge in [0, 0.05) is 14.2 Å². The molecule has 56 valence electrons. The zero-order valence-electron chi connectivity index (χ0n) is 6.06. The summed E-state index contributed by atoms with van der Waals surface area (Å²) in [6, 6.07) is 0. The van der Waals surface area contributed by atoms with Crippen molar-refractivity contribution < 1.29 is 8.85 Å². The van der Waals surface area contributed by atoms with Gasteiger partial charge in [-0.2, -0.15) is 0 Å². The quantitative estimate of drug-likeness (QED) is 0.516. The Labute approximate surface area is 66.5 Å². The van der Waals surface area contributed by atoms with Gasteiger partial charge in [-0.1, -0.05) is 22.9 Å². The van der Waals surface area contributed by atoms with E-state index in [1.54, 1.807) is 14.2 Å². The van der Waals surface area contributed by atoms with Crippen molar-refractivity contribution in [1.82, 2.24) is 0 Å². The molecule has 9 heavy (non-hydrogen) atoms. The van der Waals surface area contributed by atoms with Crippen molar-refractivity contribution in [3.8, 4) is 0 Å². The highest BCUT2D eigenvalue weighted by Crippen LogP contribution is 2.09. The Morgan fingerprint density at radius 1 is 1.44 bits per heavy atom. The molecule has 0 heterocycles. The molecule has 0 saturated carbocycles. The maximum Gasteiger partial charge on any atom is 0.335 e. The summed E-state index contributed by atoms with van der Waals surface area (Å²) >= 11 is 3.48. The summed E-state index contributed by atoms with van der Waals surface area (Å²) in [5, 5.41) is 0. The second kappa shape index (κ2) is 5.41. The lowest BCUT2D eigenvalue weighted by Crippen LogP contribution is -2.30. The number of hydrogen-bond acceptors (Lipinski definition) is 2. The van der Waals surface area contributed by atoms with Gasteiger partial charge in [-0.05, 0) is 6.42 Å². The van der Waals surface area contributed by atoms with Crippen molar-refractivity contribution in [2.75, 3.05) is 14.2 Å². The molecular weight excluding hydrogens is 200 g/mol. The predicted octanol–water partition coefficient (Wildman–Crippen LogP) is 1.21. The highest BCUT2D eigenvalue weighted by atomic mass is 79.9. The average molecular weight is 213 g/mol. The molecular formula is C5H13BrO2Si. The summed E-state index contributed by atoms with van der Waals surface area (Å²) in [5.74, 6) is 0. The van der Waals surface area contributed by atoms with Crippen molar-refractivity contribution in [1.29, 1.82) is 0 Å². The topological polar surface area (TPSA) is 18.5 Å². The van der Waals surface area contributed by atoms with E-state index in [0.717, 1.165) is 6.42 Å². The lowest BCUT2D eigenvalue weighted by atomic mass is 10.6. The Bertz CT molecular complexity index is 68.0. The van der Waals surface area contributed by atoms with Crippen LogP contribution < -0.4 is 0 Å². The van der Waals surface area contributed by atoms with Crippen LogP contribution in [-0.2, 0) is 8.85 Å². The van der Waals surface area contributed by atoms with Gasteiger partial charge in [-0.25, -0.2) is 0 Å². The highest BCUT2D eigenvalue weighted by Gasteiger charge is 2.18. The van der Waals surface area contributed by atoms with E-state index in [1.165, 1.54) is 0 Å². The molecule has 0 radical (unpaired) electrons. The van der Waals surface area contributed by atoms with E-state index in [-0.39, 0.29) is 0 Å². The molecule has 2 nitrogen and oxygen atoms in total. The van der Waals surface area contributed by atoms with Crippen LogP contribution in [0.4, 0.5) is 0 Å². The Hall–Kier alpha value is 0.617. The largest absolute Gasteiger partial charge is 0.399 e. The van der Waals surface area contributed by atoms with E-state index < -0.39 is 9.28 Å². The summed E-state index contributed by atoms with van der Waals surface area (Å²) in [4.78, 5) is 0. The maximum absolute atomic E-state index is 5.12. The maximum atomic E-state index is 5.12. The lowest BCUT2D eigenvalue weighted by molar-refractivity contribution is 0.275. The van der Waals surface area contributed by atoms with Crippen LogP contribution in [0.25, 0.3) is 0 Å². The van der Waals surface area contributed by atoms with E-state index in [9.17, 15) is 0 Å². The smallest absolute Gasteiger partial charge is 0.335 e. The second-order valence-electron chi connectivity index (χ2n) is 1.76. The van der Waals surface area contributed by atoms with Crippen molar-refractivity contribution in [3.05, 3.63) is 0 Å². The predicted molar refractivity (Wildman–Crippen MR) is 44.2 cm³/mol. The van der Waals surface area contributed by atoms with Crippen LogP contribution in [0.5, 0.6) is 0 Å². The first-order valence-electron chi connectivity index (χ1n) is 2.95. The molecule has 4 heteroatoms. The molecule has 0 N–H and O–H groups in total. The van der Waals surface area contributed by atoms with Crippen LogP contribution in [0.15, 0.2) is 0 Å². The highest BCUT2D eigenvalue weighted by molar-refractivity contribution is 9.10. The molecule has 0 saturated heterocycles. The molecule has 0 aliphatic heterocycles. The minimum absolute atomic E-state index is 0.437. The first kappa shape index (κ1) is 9.62. The van der Waals surface area contributed by atoms with E-state index in [1.807, 2.05) is 0 Å². The Balaban J connectivity index is 3.50. The first-order valence-corrected chi connectivity index (χ1v) is 5.48. The van der Waals surface area contributed by atoms with Crippen LogP contribution in [0.2, 0.25) is 0 Å². The summed E-state index contributed by atoms with van der Waals surface area (Å²) in [6.45, 7) is 2.11. The third-order valence-electron chi connectivity index (χ3n) is 1.15. The minimum Gasteiger partial charge on any atom is -0.399 e. The summed E-state index contributed by atoms with van der Waals surface area (Å²) in [7, 11) is 2.03. The van der Waals surface area contributed by atoms with Crippen LogP contribution in [0.3, 0.4) is 0 Å². The molecule has 1 atom stereocenters. The third kappa shape index (κ3) is 3.35. The Kier molecular flexibility index (Phi) is 5.78. The lowest BCUT2D eigenvalue weighted by Gasteiger charge is -2.14. The SMILES string of the molecule is CCC(Br)[SiH](OC)OC. The molecule has 0 fully saturated rings. The standard InChI is InChI=1S/C5H13BrO2Si/c1-4-5(6)9(7-2)8-3/h5,9H,4H2,1-3H3. The molecule has 0 aromatic heterocycles. The number of rotatable bonds is 4. The summed E-state index contributed by atoms with van der Waals surface area (Å²) in [6.07, 6.45) is 1.07. The van der Waals surface area contributed by atoms with Gasteiger partial charge in [0.05, 0.1) is 4.45 Å². The zero-order chi connectivity index (χ0) is 7.28. The van der Waals surface area contributed by atoms with Crippen molar-refractivity contribution >= 4 is 25.2 Å². The van der Waals surface area contributed by atoms with E-state index in [0.29, 0.717) is 4.45 Å². The zero-order valence-corrected chi connectivity index (χ0v) is 8.80. The molecule has 1 unspecified atom stereocenters. The molecule has 0 spiro atoms. The van der Waals surface area contributed by atoms with E-state index >= 15 is 0 Å². The van der Waals surface area contributed by atoms with Crippen LogP contribution >= 0.6 is 15.9 Å². The van der Waals surface area contributed by atoms with Crippen LogP contribution in [-0.4, -0.2) is 28.0 Å². The van der Waals surface area contributed by atoms with Gasteiger partial charge in [-0.15, -0.1) is 0 Å². The fraction of sp³-hybridized carbons (Fsp3) is 1.00. The van der Waals surface area contributed by atoms with Gasteiger partial charge in [0.2, 0.25) is 0 Å². The van der Waals surface area contributed by atoms with Gasteiger partial charge in [0.1, 0.15) is 0 Å². The molecule has 0 aliphatic rings. The minimum atomic E-state index is -1.37. The number of halogens is 1. The third-order valence-corrected chi connectivity index (χ3v) is 5.08. The van der Waals surface area contributed by atoms with E-state index in [4.69, 9.17) is 8.85 Å². The van der Waals surface area contributed by atoms with Gasteiger partial charge >= 0.3 is 9.28 Å². The van der Waals surface area contributed by atoms with Crippen molar-refractivity contribution in [3.63, 3.8) is 0 Å². The normalized spacial score (nSPS) is 14.3. The van der Waals surface area contributed by atoms with E-state index in [2.05, 4.69) is 22.9 Å². The van der Waals surface area contributed by atoms with Crippen LogP contribution in [0.1, 0.15) is 13.3 Å². The first-order chi connectivity index (χ1) is 4.26. The fourth-order valence-electron chi connectivity index (χ4n) is 0.584. The Morgan fingerprint density at radius 2 is 1.89 bits per heavy atom. The van der Waals surface area contributed by atoms with Crippen molar-refractivity contribution in [2.24, 2.45) is 0 Å². The number of alkyl halides is 1. The molecule has 0 aromatic carbocycles. The molecule has 0 amide bonds. The molecule has 0 aliphatic carbocycles. The fourth-order valence-corrected chi connectivity index (χ4v) is 3.05.